The van der Waals surface area contributed by atoms with Crippen LogP contribution in [0, 0.1) is 10.1 Å². The van der Waals surface area contributed by atoms with Gasteiger partial charge in [0.05, 0.1) is 11.3 Å². The summed E-state index contributed by atoms with van der Waals surface area (Å²) in [4.78, 5) is 24.6. The van der Waals surface area contributed by atoms with Crippen molar-refractivity contribution >= 4 is 11.6 Å². The summed E-state index contributed by atoms with van der Waals surface area (Å²) >= 11 is 0. The first-order valence-electron chi connectivity index (χ1n) is 6.65. The standard InChI is InChI=1S/C14H18N2O3/c1-2-9-15(12-7-8-12)14(17)10-11-5-3-4-6-13(11)16(18)19/h3-6,12H,2,7-10H2,1H3. The van der Waals surface area contributed by atoms with E-state index in [1.54, 1.807) is 18.2 Å². The smallest absolute Gasteiger partial charge is 0.273 e. The molecule has 0 aliphatic heterocycles. The van der Waals surface area contributed by atoms with Crippen molar-refractivity contribution in [2.75, 3.05) is 6.54 Å². The van der Waals surface area contributed by atoms with Crippen LogP contribution in [0.1, 0.15) is 31.7 Å². The van der Waals surface area contributed by atoms with Crippen molar-refractivity contribution in [3.8, 4) is 0 Å². The number of carbonyl (C=O) groups excluding carboxylic acids is 1. The van der Waals surface area contributed by atoms with Gasteiger partial charge < -0.3 is 4.90 Å². The first-order valence-corrected chi connectivity index (χ1v) is 6.65. The number of nitrogens with zero attached hydrogens (tertiary/aromatic N) is 2. The van der Waals surface area contributed by atoms with Crippen LogP contribution in [0.4, 0.5) is 5.69 Å². The monoisotopic (exact) mass is 262 g/mol. The molecular weight excluding hydrogens is 244 g/mol. The molecule has 0 unspecified atom stereocenters. The molecule has 0 atom stereocenters. The molecule has 5 nitrogen and oxygen atoms in total. The van der Waals surface area contributed by atoms with Crippen molar-refractivity contribution in [3.05, 3.63) is 39.9 Å². The maximum absolute atomic E-state index is 12.3. The summed E-state index contributed by atoms with van der Waals surface area (Å²) in [5.41, 5.74) is 0.530. The molecule has 102 valence electrons. The fourth-order valence-electron chi connectivity index (χ4n) is 2.24. The van der Waals surface area contributed by atoms with Crippen LogP contribution < -0.4 is 0 Å². The van der Waals surface area contributed by atoms with Crippen LogP contribution >= 0.6 is 0 Å². The summed E-state index contributed by atoms with van der Waals surface area (Å²) in [6.45, 7) is 2.78. The minimum Gasteiger partial charge on any atom is -0.339 e. The molecule has 0 aromatic heterocycles. The molecular formula is C14H18N2O3. The maximum Gasteiger partial charge on any atom is 0.273 e. The molecule has 1 aliphatic rings. The van der Waals surface area contributed by atoms with Gasteiger partial charge in [0, 0.05) is 24.2 Å². The Morgan fingerprint density at radius 2 is 2.11 bits per heavy atom. The molecule has 0 spiro atoms. The van der Waals surface area contributed by atoms with Crippen LogP contribution in [-0.2, 0) is 11.2 Å². The van der Waals surface area contributed by atoms with E-state index in [1.165, 1.54) is 6.07 Å². The summed E-state index contributed by atoms with van der Waals surface area (Å²) in [7, 11) is 0. The van der Waals surface area contributed by atoms with Crippen LogP contribution in [0.5, 0.6) is 0 Å². The molecule has 1 aromatic rings. The molecule has 1 aromatic carbocycles. The number of rotatable bonds is 6. The van der Waals surface area contributed by atoms with Crippen molar-refractivity contribution in [3.63, 3.8) is 0 Å². The van der Waals surface area contributed by atoms with Gasteiger partial charge in [0.15, 0.2) is 0 Å². The normalized spacial score (nSPS) is 14.2. The highest BCUT2D eigenvalue weighted by molar-refractivity contribution is 5.80. The topological polar surface area (TPSA) is 63.5 Å². The van der Waals surface area contributed by atoms with Gasteiger partial charge in [-0.3, -0.25) is 14.9 Å². The lowest BCUT2D eigenvalue weighted by molar-refractivity contribution is -0.385. The van der Waals surface area contributed by atoms with Gasteiger partial charge in [-0.15, -0.1) is 0 Å². The summed E-state index contributed by atoms with van der Waals surface area (Å²) in [5.74, 6) is -0.00125. The molecule has 2 rings (SSSR count). The summed E-state index contributed by atoms with van der Waals surface area (Å²) in [6.07, 6.45) is 3.15. The first kappa shape index (κ1) is 13.5. The Morgan fingerprint density at radius 3 is 2.68 bits per heavy atom. The van der Waals surface area contributed by atoms with Crippen LogP contribution in [0.2, 0.25) is 0 Å². The van der Waals surface area contributed by atoms with Crippen molar-refractivity contribution in [1.29, 1.82) is 0 Å². The molecule has 19 heavy (non-hydrogen) atoms. The average molecular weight is 262 g/mol. The maximum atomic E-state index is 12.3. The quantitative estimate of drug-likeness (QED) is 0.584. The van der Waals surface area contributed by atoms with E-state index in [4.69, 9.17) is 0 Å². The number of benzene rings is 1. The Labute approximate surface area is 112 Å². The first-order chi connectivity index (χ1) is 9.13. The zero-order valence-electron chi connectivity index (χ0n) is 11.0. The van der Waals surface area contributed by atoms with Gasteiger partial charge in [0.1, 0.15) is 0 Å². The van der Waals surface area contributed by atoms with Crippen LogP contribution in [0.25, 0.3) is 0 Å². The van der Waals surface area contributed by atoms with Crippen molar-refractivity contribution in [2.45, 2.75) is 38.6 Å². The highest BCUT2D eigenvalue weighted by atomic mass is 16.6. The summed E-state index contributed by atoms with van der Waals surface area (Å²) in [5, 5.41) is 10.9. The van der Waals surface area contributed by atoms with Crippen LogP contribution in [-0.4, -0.2) is 28.3 Å². The van der Waals surface area contributed by atoms with Gasteiger partial charge in [0.2, 0.25) is 5.91 Å². The second-order valence-corrected chi connectivity index (χ2v) is 4.88. The lowest BCUT2D eigenvalue weighted by atomic mass is 10.1. The lowest BCUT2D eigenvalue weighted by Gasteiger charge is -2.21. The van der Waals surface area contributed by atoms with E-state index in [0.29, 0.717) is 11.6 Å². The molecule has 0 radical (unpaired) electrons. The number of nitro groups is 1. The molecule has 1 aliphatic carbocycles. The largest absolute Gasteiger partial charge is 0.339 e. The summed E-state index contributed by atoms with van der Waals surface area (Å²) in [6, 6.07) is 6.82. The van der Waals surface area contributed by atoms with Crippen molar-refractivity contribution < 1.29 is 9.72 Å². The highest BCUT2D eigenvalue weighted by Gasteiger charge is 2.32. The van der Waals surface area contributed by atoms with Gasteiger partial charge in [-0.05, 0) is 19.3 Å². The Balaban J connectivity index is 2.11. The number of para-hydroxylation sites is 1. The second-order valence-electron chi connectivity index (χ2n) is 4.88. The minimum absolute atomic E-state index is 0.00125. The lowest BCUT2D eigenvalue weighted by Crippen LogP contribution is -2.35. The SMILES string of the molecule is CCCN(C(=O)Cc1ccccc1[N+](=O)[O-])C1CC1. The van der Waals surface area contributed by atoms with E-state index in [0.717, 1.165) is 25.8 Å². The predicted octanol–water partition coefficient (Wildman–Crippen LogP) is 2.54. The molecule has 0 saturated heterocycles. The fourth-order valence-corrected chi connectivity index (χ4v) is 2.24. The number of nitro benzene ring substituents is 1. The van der Waals surface area contributed by atoms with Gasteiger partial charge in [-0.2, -0.15) is 0 Å². The Bertz CT molecular complexity index is 483. The molecule has 0 bridgehead atoms. The van der Waals surface area contributed by atoms with Crippen molar-refractivity contribution in [1.82, 2.24) is 4.90 Å². The van der Waals surface area contributed by atoms with E-state index in [1.807, 2.05) is 11.8 Å². The molecule has 5 heteroatoms. The van der Waals surface area contributed by atoms with E-state index in [9.17, 15) is 14.9 Å². The van der Waals surface area contributed by atoms with Crippen LogP contribution in [0.3, 0.4) is 0 Å². The Hall–Kier alpha value is -1.91. The molecule has 0 heterocycles. The number of hydrogen-bond donors (Lipinski definition) is 0. The average Bonchev–Trinajstić information content (AvgIpc) is 3.20. The van der Waals surface area contributed by atoms with Gasteiger partial charge in [-0.25, -0.2) is 0 Å². The van der Waals surface area contributed by atoms with E-state index < -0.39 is 4.92 Å². The zero-order chi connectivity index (χ0) is 13.8. The predicted molar refractivity (Wildman–Crippen MR) is 71.8 cm³/mol. The summed E-state index contributed by atoms with van der Waals surface area (Å²) < 4.78 is 0. The van der Waals surface area contributed by atoms with Gasteiger partial charge >= 0.3 is 0 Å². The van der Waals surface area contributed by atoms with Crippen LogP contribution in [0.15, 0.2) is 24.3 Å². The highest BCUT2D eigenvalue weighted by Crippen LogP contribution is 2.28. The van der Waals surface area contributed by atoms with E-state index >= 15 is 0 Å². The van der Waals surface area contributed by atoms with Gasteiger partial charge in [-0.1, -0.05) is 25.1 Å². The Morgan fingerprint density at radius 1 is 1.42 bits per heavy atom. The molecule has 1 amide bonds. The van der Waals surface area contributed by atoms with Gasteiger partial charge in [0.25, 0.3) is 5.69 Å². The third-order valence-electron chi connectivity index (χ3n) is 3.30. The minimum atomic E-state index is -0.427. The third kappa shape index (κ3) is 3.30. The van der Waals surface area contributed by atoms with Crippen molar-refractivity contribution in [2.24, 2.45) is 0 Å². The molecule has 0 N–H and O–H groups in total. The number of hydrogen-bond acceptors (Lipinski definition) is 3. The number of carbonyl (C=O) groups is 1. The number of amides is 1. The second kappa shape index (κ2) is 5.82. The van der Waals surface area contributed by atoms with E-state index in [-0.39, 0.29) is 18.0 Å². The Kier molecular flexibility index (Phi) is 4.14. The fraction of sp³-hybridized carbons (Fsp3) is 0.500. The molecule has 1 saturated carbocycles. The third-order valence-corrected chi connectivity index (χ3v) is 3.30. The molecule has 1 fully saturated rings. The zero-order valence-corrected chi connectivity index (χ0v) is 11.0. The van der Waals surface area contributed by atoms with E-state index in [2.05, 4.69) is 0 Å².